The summed E-state index contributed by atoms with van der Waals surface area (Å²) in [6, 6.07) is 0.606. The van der Waals surface area contributed by atoms with Crippen molar-refractivity contribution in [3.63, 3.8) is 0 Å². The van der Waals surface area contributed by atoms with Gasteiger partial charge in [-0.2, -0.15) is 0 Å². The van der Waals surface area contributed by atoms with E-state index >= 15 is 0 Å². The Hall–Kier alpha value is -1.32. The Morgan fingerprint density at radius 1 is 1.19 bits per heavy atom. The molecule has 0 radical (unpaired) electrons. The van der Waals surface area contributed by atoms with Crippen molar-refractivity contribution in [1.82, 2.24) is 9.97 Å². The van der Waals surface area contributed by atoms with Gasteiger partial charge in [0.25, 0.3) is 0 Å². The van der Waals surface area contributed by atoms with Gasteiger partial charge in [0.1, 0.15) is 11.6 Å². The number of anilines is 2. The van der Waals surface area contributed by atoms with Crippen LogP contribution in [0.4, 0.5) is 11.6 Å². The van der Waals surface area contributed by atoms with E-state index in [0.29, 0.717) is 11.9 Å². The van der Waals surface area contributed by atoms with Crippen molar-refractivity contribution in [2.24, 2.45) is 5.92 Å². The molecule has 88 valence electrons. The fourth-order valence-electron chi connectivity index (χ4n) is 2.33. The van der Waals surface area contributed by atoms with Gasteiger partial charge < -0.3 is 10.6 Å². The molecule has 2 N–H and O–H groups in total. The van der Waals surface area contributed by atoms with Crippen molar-refractivity contribution in [3.8, 4) is 0 Å². The first-order valence-electron chi connectivity index (χ1n) is 5.97. The molecule has 4 heteroatoms. The average molecular weight is 220 g/mol. The third kappa shape index (κ3) is 2.43. The fourth-order valence-corrected chi connectivity index (χ4v) is 2.33. The number of nitrogens with two attached hydrogens (primary N) is 1. The Balaban J connectivity index is 2.01. The zero-order valence-corrected chi connectivity index (χ0v) is 10.1. The molecule has 0 amide bonds. The maximum absolute atomic E-state index is 5.53. The summed E-state index contributed by atoms with van der Waals surface area (Å²) in [4.78, 5) is 10.6. The molecular formula is C12H20N4. The van der Waals surface area contributed by atoms with Gasteiger partial charge in [0, 0.05) is 13.1 Å². The highest BCUT2D eigenvalue weighted by Crippen LogP contribution is 2.28. The summed E-state index contributed by atoms with van der Waals surface area (Å²) in [7, 11) is 2.10. The molecule has 0 aliphatic heterocycles. The molecule has 1 aliphatic carbocycles. The minimum absolute atomic E-state index is 0.481. The van der Waals surface area contributed by atoms with Crippen molar-refractivity contribution in [2.45, 2.75) is 38.6 Å². The van der Waals surface area contributed by atoms with Crippen molar-refractivity contribution in [2.75, 3.05) is 17.7 Å². The number of hydrogen-bond acceptors (Lipinski definition) is 4. The molecule has 0 spiro atoms. The van der Waals surface area contributed by atoms with Gasteiger partial charge in [-0.15, -0.1) is 0 Å². The summed E-state index contributed by atoms with van der Waals surface area (Å²) in [6.45, 7) is 2.33. The highest BCUT2D eigenvalue weighted by Gasteiger charge is 2.22. The lowest BCUT2D eigenvalue weighted by Crippen LogP contribution is -2.35. The molecule has 0 bridgehead atoms. The quantitative estimate of drug-likeness (QED) is 0.829. The third-order valence-electron chi connectivity index (χ3n) is 3.55. The topological polar surface area (TPSA) is 55.0 Å². The molecule has 1 aromatic rings. The minimum Gasteiger partial charge on any atom is -0.382 e. The Morgan fingerprint density at radius 2 is 1.88 bits per heavy atom. The van der Waals surface area contributed by atoms with Gasteiger partial charge in [0.2, 0.25) is 0 Å². The number of hydrogen-bond donors (Lipinski definition) is 1. The van der Waals surface area contributed by atoms with Gasteiger partial charge in [-0.3, -0.25) is 0 Å². The van der Waals surface area contributed by atoms with Crippen molar-refractivity contribution in [3.05, 3.63) is 12.4 Å². The second-order valence-electron chi connectivity index (χ2n) is 4.82. The van der Waals surface area contributed by atoms with Gasteiger partial charge in [-0.05, 0) is 31.6 Å². The molecule has 4 nitrogen and oxygen atoms in total. The Labute approximate surface area is 96.9 Å². The first-order chi connectivity index (χ1) is 7.66. The van der Waals surface area contributed by atoms with Crippen LogP contribution in [-0.4, -0.2) is 23.1 Å². The second-order valence-corrected chi connectivity index (χ2v) is 4.82. The largest absolute Gasteiger partial charge is 0.382 e. The molecule has 1 fully saturated rings. The van der Waals surface area contributed by atoms with Crippen LogP contribution < -0.4 is 10.6 Å². The van der Waals surface area contributed by atoms with Gasteiger partial charge in [-0.25, -0.2) is 9.97 Å². The van der Waals surface area contributed by atoms with E-state index in [1.54, 1.807) is 12.4 Å². The van der Waals surface area contributed by atoms with Gasteiger partial charge in [0.05, 0.1) is 12.4 Å². The van der Waals surface area contributed by atoms with Gasteiger partial charge in [-0.1, -0.05) is 6.92 Å². The van der Waals surface area contributed by atoms with Crippen LogP contribution in [0.15, 0.2) is 12.4 Å². The van der Waals surface area contributed by atoms with Crippen molar-refractivity contribution >= 4 is 11.6 Å². The molecule has 1 aliphatic rings. The summed E-state index contributed by atoms with van der Waals surface area (Å²) in [5.74, 6) is 2.28. The molecule has 1 saturated carbocycles. The summed E-state index contributed by atoms with van der Waals surface area (Å²) in [5, 5.41) is 0. The van der Waals surface area contributed by atoms with Crippen LogP contribution in [0.1, 0.15) is 32.6 Å². The Kier molecular flexibility index (Phi) is 3.27. The number of nitrogens with zero attached hydrogens (tertiary/aromatic N) is 3. The van der Waals surface area contributed by atoms with E-state index in [1.807, 2.05) is 0 Å². The standard InChI is InChI=1S/C12H20N4/c1-9-3-5-10(6-4-9)16(2)12-8-14-11(13)7-15-12/h7-10H,3-6H2,1-2H3,(H2,13,14). The van der Waals surface area contributed by atoms with Crippen LogP contribution in [-0.2, 0) is 0 Å². The van der Waals surface area contributed by atoms with Crippen LogP contribution in [0.3, 0.4) is 0 Å². The first kappa shape index (κ1) is 11.2. The second kappa shape index (κ2) is 4.68. The zero-order chi connectivity index (χ0) is 11.5. The van der Waals surface area contributed by atoms with Crippen LogP contribution in [0, 0.1) is 5.92 Å². The van der Waals surface area contributed by atoms with E-state index in [4.69, 9.17) is 5.73 Å². The normalized spacial score (nSPS) is 25.4. The third-order valence-corrected chi connectivity index (χ3v) is 3.55. The maximum Gasteiger partial charge on any atom is 0.147 e. The highest BCUT2D eigenvalue weighted by atomic mass is 15.2. The van der Waals surface area contributed by atoms with E-state index in [9.17, 15) is 0 Å². The van der Waals surface area contributed by atoms with Crippen LogP contribution >= 0.6 is 0 Å². The summed E-state index contributed by atoms with van der Waals surface area (Å²) in [5.41, 5.74) is 5.53. The van der Waals surface area contributed by atoms with E-state index in [2.05, 4.69) is 28.8 Å². The fraction of sp³-hybridized carbons (Fsp3) is 0.667. The molecule has 1 heterocycles. The maximum atomic E-state index is 5.53. The molecule has 1 aromatic heterocycles. The molecule has 0 unspecified atom stereocenters. The number of aromatic nitrogens is 2. The minimum atomic E-state index is 0.481. The summed E-state index contributed by atoms with van der Waals surface area (Å²) >= 11 is 0. The predicted molar refractivity (Wildman–Crippen MR) is 66.3 cm³/mol. The molecule has 0 saturated heterocycles. The van der Waals surface area contributed by atoms with E-state index in [0.717, 1.165) is 11.7 Å². The van der Waals surface area contributed by atoms with Gasteiger partial charge in [0.15, 0.2) is 0 Å². The lowest BCUT2D eigenvalue weighted by molar-refractivity contribution is 0.340. The summed E-state index contributed by atoms with van der Waals surface area (Å²) < 4.78 is 0. The molecule has 0 aromatic carbocycles. The van der Waals surface area contributed by atoms with Gasteiger partial charge >= 0.3 is 0 Å². The summed E-state index contributed by atoms with van der Waals surface area (Å²) in [6.07, 6.45) is 8.52. The van der Waals surface area contributed by atoms with Crippen molar-refractivity contribution in [1.29, 1.82) is 0 Å². The molecule has 0 atom stereocenters. The van der Waals surface area contributed by atoms with E-state index < -0.39 is 0 Å². The SMILES string of the molecule is CC1CCC(N(C)c2cnc(N)cn2)CC1. The lowest BCUT2D eigenvalue weighted by Gasteiger charge is -2.34. The van der Waals surface area contributed by atoms with E-state index in [1.165, 1.54) is 25.7 Å². The average Bonchev–Trinajstić information content (AvgIpc) is 2.30. The van der Waals surface area contributed by atoms with E-state index in [-0.39, 0.29) is 0 Å². The van der Waals surface area contributed by atoms with Crippen LogP contribution in [0.25, 0.3) is 0 Å². The lowest BCUT2D eigenvalue weighted by atomic mass is 9.87. The zero-order valence-electron chi connectivity index (χ0n) is 10.1. The smallest absolute Gasteiger partial charge is 0.147 e. The van der Waals surface area contributed by atoms with Crippen molar-refractivity contribution < 1.29 is 0 Å². The van der Waals surface area contributed by atoms with Crippen LogP contribution in [0.2, 0.25) is 0 Å². The first-order valence-corrected chi connectivity index (χ1v) is 5.97. The Morgan fingerprint density at radius 3 is 2.44 bits per heavy atom. The Bertz CT molecular complexity index is 327. The number of nitrogen functional groups attached to an aromatic ring is 1. The highest BCUT2D eigenvalue weighted by molar-refractivity contribution is 5.39. The number of rotatable bonds is 2. The molecule has 2 rings (SSSR count). The predicted octanol–water partition coefficient (Wildman–Crippen LogP) is 2.07. The molecular weight excluding hydrogens is 200 g/mol. The monoisotopic (exact) mass is 220 g/mol. The van der Waals surface area contributed by atoms with Crippen LogP contribution in [0.5, 0.6) is 0 Å². The molecule has 16 heavy (non-hydrogen) atoms.